The Morgan fingerprint density at radius 2 is 2.15 bits per heavy atom. The second kappa shape index (κ2) is 4.02. The lowest BCUT2D eigenvalue weighted by molar-refractivity contribution is -0.137. The van der Waals surface area contributed by atoms with E-state index in [9.17, 15) is 4.79 Å². The molecule has 0 unspecified atom stereocenters. The Morgan fingerprint density at radius 1 is 1.46 bits per heavy atom. The maximum absolute atomic E-state index is 10.4. The van der Waals surface area contributed by atoms with E-state index in [-0.39, 0.29) is 6.54 Å². The van der Waals surface area contributed by atoms with E-state index in [1.54, 1.807) is 0 Å². The van der Waals surface area contributed by atoms with Crippen molar-refractivity contribution in [2.75, 3.05) is 0 Å². The molecular weight excluding hydrogens is 170 g/mol. The Balaban J connectivity index is 2.90. The van der Waals surface area contributed by atoms with Gasteiger partial charge in [-0.25, -0.2) is 9.67 Å². The predicted octanol–water partition coefficient (Wildman–Crippen LogP) is 0.487. The molecule has 0 saturated heterocycles. The molecule has 1 heterocycles. The van der Waals surface area contributed by atoms with Crippen molar-refractivity contribution in [2.45, 2.75) is 33.2 Å². The maximum Gasteiger partial charge on any atom is 0.325 e. The average Bonchev–Trinajstić information content (AvgIpc) is 2.46. The topological polar surface area (TPSA) is 68.0 Å². The molecule has 1 N–H and O–H groups in total. The molecule has 0 aliphatic rings. The van der Waals surface area contributed by atoms with Crippen LogP contribution >= 0.6 is 0 Å². The zero-order valence-electron chi connectivity index (χ0n) is 7.82. The lowest BCUT2D eigenvalue weighted by Crippen LogP contribution is -2.13. The van der Waals surface area contributed by atoms with Crippen LogP contribution in [0, 0.1) is 0 Å². The van der Waals surface area contributed by atoms with Crippen LogP contribution in [0.2, 0.25) is 0 Å². The van der Waals surface area contributed by atoms with E-state index in [1.807, 2.05) is 13.8 Å². The van der Waals surface area contributed by atoms with Crippen LogP contribution in [0.15, 0.2) is 0 Å². The van der Waals surface area contributed by atoms with Crippen molar-refractivity contribution in [3.05, 3.63) is 11.6 Å². The fourth-order valence-electron chi connectivity index (χ4n) is 1.09. The molecule has 72 valence electrons. The number of rotatable bonds is 4. The van der Waals surface area contributed by atoms with Gasteiger partial charge in [0.2, 0.25) is 0 Å². The number of hydrogen-bond acceptors (Lipinski definition) is 3. The van der Waals surface area contributed by atoms with Crippen molar-refractivity contribution in [1.82, 2.24) is 14.8 Å². The first-order chi connectivity index (χ1) is 6.17. The summed E-state index contributed by atoms with van der Waals surface area (Å²) in [5.41, 5.74) is 0. The number of aryl methyl sites for hydroxylation is 2. The standard InChI is InChI=1S/C8H13N3O2/c1-3-6-9-7(4-2)11(10-6)5-8(12)13/h3-5H2,1-2H3,(H,12,13). The Morgan fingerprint density at radius 3 is 2.62 bits per heavy atom. The molecule has 0 aromatic carbocycles. The molecule has 1 rings (SSSR count). The van der Waals surface area contributed by atoms with Crippen LogP contribution in [0.5, 0.6) is 0 Å². The molecule has 0 radical (unpaired) electrons. The van der Waals surface area contributed by atoms with Gasteiger partial charge in [-0.1, -0.05) is 13.8 Å². The van der Waals surface area contributed by atoms with Crippen molar-refractivity contribution in [3.63, 3.8) is 0 Å². The number of carboxylic acids is 1. The highest BCUT2D eigenvalue weighted by molar-refractivity contribution is 5.66. The first kappa shape index (κ1) is 9.70. The number of carbonyl (C=O) groups is 1. The fraction of sp³-hybridized carbons (Fsp3) is 0.625. The highest BCUT2D eigenvalue weighted by Gasteiger charge is 2.09. The molecular formula is C8H13N3O2. The third-order valence-electron chi connectivity index (χ3n) is 1.71. The van der Waals surface area contributed by atoms with E-state index < -0.39 is 5.97 Å². The normalized spacial score (nSPS) is 10.3. The van der Waals surface area contributed by atoms with Crippen LogP contribution in [0.3, 0.4) is 0 Å². The molecule has 13 heavy (non-hydrogen) atoms. The summed E-state index contributed by atoms with van der Waals surface area (Å²) in [5.74, 6) is 0.555. The van der Waals surface area contributed by atoms with Gasteiger partial charge >= 0.3 is 5.97 Å². The Hall–Kier alpha value is -1.39. The van der Waals surface area contributed by atoms with Crippen LogP contribution in [0.1, 0.15) is 25.5 Å². The minimum absolute atomic E-state index is 0.101. The molecule has 0 bridgehead atoms. The lowest BCUT2D eigenvalue weighted by Gasteiger charge is -1.98. The zero-order chi connectivity index (χ0) is 9.84. The minimum atomic E-state index is -0.887. The van der Waals surface area contributed by atoms with E-state index in [0.717, 1.165) is 12.2 Å². The van der Waals surface area contributed by atoms with Gasteiger partial charge in [0.05, 0.1) is 0 Å². The van der Waals surface area contributed by atoms with Crippen molar-refractivity contribution in [3.8, 4) is 0 Å². The molecule has 0 spiro atoms. The summed E-state index contributed by atoms with van der Waals surface area (Å²) in [5, 5.41) is 12.6. The summed E-state index contributed by atoms with van der Waals surface area (Å²) < 4.78 is 1.45. The van der Waals surface area contributed by atoms with E-state index >= 15 is 0 Å². The lowest BCUT2D eigenvalue weighted by atomic mass is 10.4. The largest absolute Gasteiger partial charge is 0.480 e. The highest BCUT2D eigenvalue weighted by atomic mass is 16.4. The van der Waals surface area contributed by atoms with Gasteiger partial charge in [-0.2, -0.15) is 5.10 Å². The van der Waals surface area contributed by atoms with Gasteiger partial charge < -0.3 is 5.11 Å². The van der Waals surface area contributed by atoms with Gasteiger partial charge in [0, 0.05) is 12.8 Å². The quantitative estimate of drug-likeness (QED) is 0.737. The summed E-state index contributed by atoms with van der Waals surface area (Å²) >= 11 is 0. The first-order valence-electron chi connectivity index (χ1n) is 4.31. The van der Waals surface area contributed by atoms with Crippen molar-refractivity contribution < 1.29 is 9.90 Å². The van der Waals surface area contributed by atoms with E-state index in [1.165, 1.54) is 4.68 Å². The minimum Gasteiger partial charge on any atom is -0.480 e. The highest BCUT2D eigenvalue weighted by Crippen LogP contribution is 2.00. The van der Waals surface area contributed by atoms with Gasteiger partial charge in [-0.15, -0.1) is 0 Å². The van der Waals surface area contributed by atoms with Gasteiger partial charge in [-0.3, -0.25) is 4.79 Å². The third-order valence-corrected chi connectivity index (χ3v) is 1.71. The summed E-state index contributed by atoms with van der Waals surface area (Å²) in [4.78, 5) is 14.6. The van der Waals surface area contributed by atoms with E-state index in [2.05, 4.69) is 10.1 Å². The van der Waals surface area contributed by atoms with Crippen LogP contribution in [0.25, 0.3) is 0 Å². The molecule has 0 aliphatic heterocycles. The van der Waals surface area contributed by atoms with Gasteiger partial charge in [0.25, 0.3) is 0 Å². The number of aromatic nitrogens is 3. The molecule has 0 aliphatic carbocycles. The molecule has 5 nitrogen and oxygen atoms in total. The second-order valence-electron chi connectivity index (χ2n) is 2.70. The van der Waals surface area contributed by atoms with Gasteiger partial charge in [-0.05, 0) is 0 Å². The molecule has 0 saturated carbocycles. The van der Waals surface area contributed by atoms with Crippen LogP contribution in [0.4, 0.5) is 0 Å². The van der Waals surface area contributed by atoms with Crippen LogP contribution in [-0.2, 0) is 24.2 Å². The molecule has 1 aromatic rings. The first-order valence-corrected chi connectivity index (χ1v) is 4.31. The molecule has 1 aromatic heterocycles. The van der Waals surface area contributed by atoms with E-state index in [0.29, 0.717) is 12.2 Å². The van der Waals surface area contributed by atoms with E-state index in [4.69, 9.17) is 5.11 Å². The summed E-state index contributed by atoms with van der Waals surface area (Å²) in [6, 6.07) is 0. The van der Waals surface area contributed by atoms with Crippen molar-refractivity contribution >= 4 is 5.97 Å². The SMILES string of the molecule is CCc1nc(CC)n(CC(=O)O)n1. The summed E-state index contributed by atoms with van der Waals surface area (Å²) in [7, 11) is 0. The van der Waals surface area contributed by atoms with Crippen molar-refractivity contribution in [2.24, 2.45) is 0 Å². The molecule has 0 amide bonds. The molecule has 5 heteroatoms. The summed E-state index contributed by atoms with van der Waals surface area (Å²) in [6.45, 7) is 3.78. The summed E-state index contributed by atoms with van der Waals surface area (Å²) in [6.07, 6.45) is 1.44. The molecule has 0 fully saturated rings. The number of hydrogen-bond donors (Lipinski definition) is 1. The van der Waals surface area contributed by atoms with Crippen LogP contribution < -0.4 is 0 Å². The Kier molecular flexibility index (Phi) is 3.00. The Labute approximate surface area is 76.4 Å². The monoisotopic (exact) mass is 183 g/mol. The third kappa shape index (κ3) is 2.27. The number of aliphatic carboxylic acids is 1. The maximum atomic E-state index is 10.4. The predicted molar refractivity (Wildman–Crippen MR) is 46.4 cm³/mol. The number of carboxylic acid groups (broad SMARTS) is 1. The zero-order valence-corrected chi connectivity index (χ0v) is 7.82. The van der Waals surface area contributed by atoms with Gasteiger partial charge in [0.1, 0.15) is 12.4 Å². The second-order valence-corrected chi connectivity index (χ2v) is 2.70. The average molecular weight is 183 g/mol. The van der Waals surface area contributed by atoms with Crippen molar-refractivity contribution in [1.29, 1.82) is 0 Å². The smallest absolute Gasteiger partial charge is 0.325 e. The van der Waals surface area contributed by atoms with Crippen LogP contribution in [-0.4, -0.2) is 25.8 Å². The Bertz CT molecular complexity index is 306. The van der Waals surface area contributed by atoms with Gasteiger partial charge in [0.15, 0.2) is 5.82 Å². The fourth-order valence-corrected chi connectivity index (χ4v) is 1.09. The number of nitrogens with zero attached hydrogens (tertiary/aromatic N) is 3. The molecule has 0 atom stereocenters.